The molecule has 4 nitrogen and oxygen atoms in total. The maximum absolute atomic E-state index is 12.7. The van der Waals surface area contributed by atoms with Gasteiger partial charge in [0.05, 0.1) is 4.90 Å². The van der Waals surface area contributed by atoms with Gasteiger partial charge in [-0.3, -0.25) is 4.79 Å². The third-order valence-electron chi connectivity index (χ3n) is 3.87. The van der Waals surface area contributed by atoms with Crippen LogP contribution >= 0.6 is 0 Å². The van der Waals surface area contributed by atoms with Crippen LogP contribution in [0.4, 0.5) is 13.2 Å². The van der Waals surface area contributed by atoms with Gasteiger partial charge >= 0.3 is 6.18 Å². The van der Waals surface area contributed by atoms with Gasteiger partial charge in [-0.2, -0.15) is 13.2 Å². The van der Waals surface area contributed by atoms with Gasteiger partial charge in [-0.05, 0) is 38.3 Å². The molecule has 1 aromatic carbocycles. The number of benzene rings is 1. The van der Waals surface area contributed by atoms with E-state index in [1.165, 1.54) is 12.1 Å². The number of nitrogens with one attached hydrogen (secondary N) is 1. The van der Waals surface area contributed by atoms with Crippen molar-refractivity contribution in [2.45, 2.75) is 42.0 Å². The monoisotopic (exact) mass is 335 g/mol. The van der Waals surface area contributed by atoms with Crippen LogP contribution in [-0.2, 0) is 14.6 Å². The molecule has 1 aliphatic carbocycles. The molecule has 1 aromatic rings. The van der Waals surface area contributed by atoms with Gasteiger partial charge in [0.1, 0.15) is 6.54 Å². The molecule has 0 radical (unpaired) electrons. The van der Waals surface area contributed by atoms with Crippen molar-refractivity contribution in [2.24, 2.45) is 0 Å². The maximum Gasteiger partial charge on any atom is 0.405 e. The topological polar surface area (TPSA) is 63.2 Å². The first kappa shape index (κ1) is 16.8. The van der Waals surface area contributed by atoms with Crippen LogP contribution in [0.3, 0.4) is 0 Å². The zero-order chi connectivity index (χ0) is 16.6. The van der Waals surface area contributed by atoms with E-state index >= 15 is 0 Å². The molecule has 2 rings (SSSR count). The van der Waals surface area contributed by atoms with Crippen molar-refractivity contribution in [1.29, 1.82) is 0 Å². The number of halogens is 3. The number of amides is 1. The number of hydrogen-bond donors (Lipinski definition) is 1. The van der Waals surface area contributed by atoms with Crippen LogP contribution in [0, 0.1) is 6.92 Å². The summed E-state index contributed by atoms with van der Waals surface area (Å²) in [5.41, 5.74) is 0.850. The standard InChI is InChI=1S/C14H16F3NO3S/c1-10-3-5-11(6-4-10)22(20,21)13(7-2-8-13)12(19)18-9-14(15,16)17/h3-6H,2,7-9H2,1H3,(H,18,19). The van der Waals surface area contributed by atoms with E-state index in [-0.39, 0.29) is 17.7 Å². The summed E-state index contributed by atoms with van der Waals surface area (Å²) in [5, 5.41) is 1.71. The fraction of sp³-hybridized carbons (Fsp3) is 0.500. The van der Waals surface area contributed by atoms with Crippen molar-refractivity contribution >= 4 is 15.7 Å². The molecular formula is C14H16F3NO3S. The number of sulfone groups is 1. The van der Waals surface area contributed by atoms with Crippen LogP contribution in [0.25, 0.3) is 0 Å². The van der Waals surface area contributed by atoms with Crippen LogP contribution in [-0.4, -0.2) is 31.8 Å². The second-order valence-corrected chi connectivity index (χ2v) is 7.72. The van der Waals surface area contributed by atoms with Gasteiger partial charge in [-0.15, -0.1) is 0 Å². The fourth-order valence-electron chi connectivity index (χ4n) is 2.40. The van der Waals surface area contributed by atoms with Crippen molar-refractivity contribution < 1.29 is 26.4 Å². The van der Waals surface area contributed by atoms with Crippen LogP contribution in [0.15, 0.2) is 29.2 Å². The van der Waals surface area contributed by atoms with Gasteiger partial charge in [-0.1, -0.05) is 17.7 Å². The molecule has 8 heteroatoms. The molecule has 1 amide bonds. The van der Waals surface area contributed by atoms with E-state index in [1.807, 2.05) is 0 Å². The Morgan fingerprint density at radius 2 is 1.77 bits per heavy atom. The van der Waals surface area contributed by atoms with Gasteiger partial charge in [-0.25, -0.2) is 8.42 Å². The highest BCUT2D eigenvalue weighted by Crippen LogP contribution is 2.43. The minimum Gasteiger partial charge on any atom is -0.346 e. The van der Waals surface area contributed by atoms with Crippen LogP contribution < -0.4 is 5.32 Å². The molecule has 0 saturated heterocycles. The minimum atomic E-state index is -4.58. The summed E-state index contributed by atoms with van der Waals surface area (Å²) in [7, 11) is -4.03. The van der Waals surface area contributed by atoms with E-state index in [4.69, 9.17) is 0 Å². The lowest BCUT2D eigenvalue weighted by Crippen LogP contribution is -2.58. The predicted molar refractivity (Wildman–Crippen MR) is 74.0 cm³/mol. The Morgan fingerprint density at radius 3 is 2.18 bits per heavy atom. The van der Waals surface area contributed by atoms with Crippen molar-refractivity contribution in [3.8, 4) is 0 Å². The van der Waals surface area contributed by atoms with E-state index in [0.717, 1.165) is 5.56 Å². The minimum absolute atomic E-state index is 0.0346. The van der Waals surface area contributed by atoms with Gasteiger partial charge in [0.25, 0.3) is 0 Å². The van der Waals surface area contributed by atoms with Gasteiger partial charge in [0, 0.05) is 0 Å². The lowest BCUT2D eigenvalue weighted by molar-refractivity contribution is -0.141. The number of carbonyl (C=O) groups is 1. The molecule has 0 spiro atoms. The summed E-state index contributed by atoms with van der Waals surface area (Å²) in [5.74, 6) is -1.07. The lowest BCUT2D eigenvalue weighted by atomic mass is 9.83. The van der Waals surface area contributed by atoms with Gasteiger partial charge in [0.2, 0.25) is 5.91 Å². The molecule has 122 valence electrons. The van der Waals surface area contributed by atoms with E-state index in [2.05, 4.69) is 0 Å². The Hall–Kier alpha value is -1.57. The Labute approximate surface area is 126 Å². The van der Waals surface area contributed by atoms with Crippen molar-refractivity contribution in [2.75, 3.05) is 6.54 Å². The number of hydrogen-bond acceptors (Lipinski definition) is 3. The van der Waals surface area contributed by atoms with Crippen LogP contribution in [0.2, 0.25) is 0 Å². The third-order valence-corrected chi connectivity index (χ3v) is 6.39. The zero-order valence-electron chi connectivity index (χ0n) is 11.9. The zero-order valence-corrected chi connectivity index (χ0v) is 12.7. The second kappa shape index (κ2) is 5.57. The summed E-state index contributed by atoms with van der Waals surface area (Å²) in [6.45, 7) is 0.253. The highest BCUT2D eigenvalue weighted by Gasteiger charge is 2.55. The second-order valence-electron chi connectivity index (χ2n) is 5.46. The molecule has 0 unspecified atom stereocenters. The molecule has 1 saturated carbocycles. The van der Waals surface area contributed by atoms with Gasteiger partial charge < -0.3 is 5.32 Å². The summed E-state index contributed by atoms with van der Waals surface area (Å²) < 4.78 is 60.2. The van der Waals surface area contributed by atoms with E-state index in [0.29, 0.717) is 6.42 Å². The SMILES string of the molecule is Cc1ccc(S(=O)(=O)C2(C(=O)NCC(F)(F)F)CCC2)cc1. The van der Waals surface area contributed by atoms with E-state index < -0.39 is 33.2 Å². The van der Waals surface area contributed by atoms with Crippen LogP contribution in [0.5, 0.6) is 0 Å². The molecule has 0 atom stereocenters. The molecule has 1 aliphatic rings. The Kier molecular flexibility index (Phi) is 4.25. The van der Waals surface area contributed by atoms with Crippen LogP contribution in [0.1, 0.15) is 24.8 Å². The summed E-state index contributed by atoms with van der Waals surface area (Å²) >= 11 is 0. The first-order valence-electron chi connectivity index (χ1n) is 6.75. The van der Waals surface area contributed by atoms with E-state index in [1.54, 1.807) is 24.4 Å². The molecule has 22 heavy (non-hydrogen) atoms. The lowest BCUT2D eigenvalue weighted by Gasteiger charge is -2.39. The Morgan fingerprint density at radius 1 is 1.23 bits per heavy atom. The normalized spacial score (nSPS) is 17.6. The molecule has 0 aliphatic heterocycles. The predicted octanol–water partition coefficient (Wildman–Crippen LogP) is 2.37. The Bertz CT molecular complexity index is 662. The highest BCUT2D eigenvalue weighted by atomic mass is 32.2. The Balaban J connectivity index is 2.29. The first-order valence-corrected chi connectivity index (χ1v) is 8.23. The molecule has 0 bridgehead atoms. The summed E-state index contributed by atoms with van der Waals surface area (Å²) in [4.78, 5) is 12.0. The van der Waals surface area contributed by atoms with Crippen molar-refractivity contribution in [3.63, 3.8) is 0 Å². The summed E-state index contributed by atoms with van der Waals surface area (Å²) in [6, 6.07) is 5.93. The third kappa shape index (κ3) is 2.97. The van der Waals surface area contributed by atoms with E-state index in [9.17, 15) is 26.4 Å². The van der Waals surface area contributed by atoms with Crippen molar-refractivity contribution in [1.82, 2.24) is 5.32 Å². The number of alkyl halides is 3. The number of aryl methyl sites for hydroxylation is 1. The largest absolute Gasteiger partial charge is 0.405 e. The smallest absolute Gasteiger partial charge is 0.346 e. The van der Waals surface area contributed by atoms with Gasteiger partial charge in [0.15, 0.2) is 14.6 Å². The quantitative estimate of drug-likeness (QED) is 0.919. The average Bonchev–Trinajstić information content (AvgIpc) is 2.34. The number of carbonyl (C=O) groups excluding carboxylic acids is 1. The summed E-state index contributed by atoms with van der Waals surface area (Å²) in [6.07, 6.45) is -4.02. The molecule has 0 heterocycles. The average molecular weight is 335 g/mol. The van der Waals surface area contributed by atoms with Crippen molar-refractivity contribution in [3.05, 3.63) is 29.8 Å². The molecule has 0 aromatic heterocycles. The first-order chi connectivity index (χ1) is 10.1. The fourth-order valence-corrected chi connectivity index (χ4v) is 4.49. The molecule has 1 fully saturated rings. The molecular weight excluding hydrogens is 319 g/mol. The maximum atomic E-state index is 12.7. The molecule has 1 N–H and O–H groups in total. The highest BCUT2D eigenvalue weighted by molar-refractivity contribution is 7.93. The number of rotatable bonds is 4.